The topological polar surface area (TPSA) is 273 Å². The minimum absolute atomic E-state index is 0.0403. The van der Waals surface area contributed by atoms with Gasteiger partial charge in [0.05, 0.1) is 54.3 Å². The van der Waals surface area contributed by atoms with Crippen LogP contribution in [-0.2, 0) is 60.4 Å². The van der Waals surface area contributed by atoms with Crippen molar-refractivity contribution in [1.82, 2.24) is 30.8 Å². The second kappa shape index (κ2) is 15.9. The van der Waals surface area contributed by atoms with E-state index in [1.807, 2.05) is 0 Å². The van der Waals surface area contributed by atoms with Gasteiger partial charge in [0.25, 0.3) is 5.56 Å². The number of pyridine rings is 2. The van der Waals surface area contributed by atoms with Crippen LogP contribution in [0.2, 0.25) is 0 Å². The summed E-state index contributed by atoms with van der Waals surface area (Å²) in [5, 5.41) is 32.8. The number of hydrogen-bond donors (Lipinski definition) is 8. The van der Waals surface area contributed by atoms with E-state index in [0.29, 0.717) is 16.7 Å². The Hall–Kier alpha value is -6.73. The van der Waals surface area contributed by atoms with Gasteiger partial charge < -0.3 is 51.8 Å². The Morgan fingerprint density at radius 1 is 1.00 bits per heavy atom. The number of fused-ring (bicyclic) bond motifs is 5. The Bertz CT molecular complexity index is 2350. The fourth-order valence-electron chi connectivity index (χ4n) is 6.69. The lowest BCUT2D eigenvalue weighted by atomic mass is 9.86. The molecule has 2 aliphatic rings. The molecule has 2 aromatic carbocycles. The first-order valence-electron chi connectivity index (χ1n) is 17.4. The normalized spacial score (nSPS) is 15.8. The van der Waals surface area contributed by atoms with E-state index in [-0.39, 0.29) is 78.2 Å². The highest BCUT2D eigenvalue weighted by atomic mass is 19.1. The standard InChI is InChI=1S/C37H37FN8O10/c1-2-37(55)23-10-28-32-21(16-46(28)34(51)22(23)17-56-35(37)52)20(13-42-36(53)54)19-9-26(24(38)11-25(19)45-32)43-31(49)15-41-33(50)27(8-18-6-4-3-5-7-18)44-30(48)14-40-29(47)12-39/h3-7,9-11,27,42,55H,2,8,12-17,39H2,1H3,(H,40,47)(H,41,50)(H,43,49)(H,44,48)(H,53,54)/t27?,37-/m0/s1. The molecule has 0 saturated carbocycles. The van der Waals surface area contributed by atoms with Gasteiger partial charge >= 0.3 is 12.1 Å². The first kappa shape index (κ1) is 39.0. The highest BCUT2D eigenvalue weighted by Gasteiger charge is 2.45. The summed E-state index contributed by atoms with van der Waals surface area (Å²) in [4.78, 5) is 92.8. The van der Waals surface area contributed by atoms with Gasteiger partial charge in [-0.15, -0.1) is 0 Å². The first-order valence-corrected chi connectivity index (χ1v) is 17.4. The predicted octanol–water partition coefficient (Wildman–Crippen LogP) is -0.157. The zero-order chi connectivity index (χ0) is 40.3. The number of amides is 5. The minimum atomic E-state index is -2.09. The highest BCUT2D eigenvalue weighted by molar-refractivity contribution is 5.99. The Morgan fingerprint density at radius 2 is 1.73 bits per heavy atom. The van der Waals surface area contributed by atoms with Crippen LogP contribution < -0.4 is 37.9 Å². The summed E-state index contributed by atoms with van der Waals surface area (Å²) < 4.78 is 22.1. The van der Waals surface area contributed by atoms with E-state index >= 15 is 4.39 Å². The van der Waals surface area contributed by atoms with Crippen molar-refractivity contribution in [1.29, 1.82) is 0 Å². The monoisotopic (exact) mass is 772 g/mol. The molecular weight excluding hydrogens is 735 g/mol. The number of cyclic esters (lactones) is 1. The zero-order valence-electron chi connectivity index (χ0n) is 29.9. The maximum absolute atomic E-state index is 15.6. The van der Waals surface area contributed by atoms with E-state index in [1.54, 1.807) is 37.3 Å². The van der Waals surface area contributed by atoms with Crippen molar-refractivity contribution >= 4 is 52.3 Å². The minimum Gasteiger partial charge on any atom is -0.465 e. The first-order chi connectivity index (χ1) is 26.7. The molecule has 0 aliphatic carbocycles. The second-order valence-corrected chi connectivity index (χ2v) is 13.1. The molecule has 5 amide bonds. The lowest BCUT2D eigenvalue weighted by molar-refractivity contribution is -0.172. The molecule has 56 heavy (non-hydrogen) atoms. The molecule has 292 valence electrons. The number of nitrogens with one attached hydrogen (secondary N) is 5. The van der Waals surface area contributed by atoms with Gasteiger partial charge in [-0.05, 0) is 29.7 Å². The van der Waals surface area contributed by atoms with Gasteiger partial charge in [-0.2, -0.15) is 0 Å². The van der Waals surface area contributed by atoms with Crippen LogP contribution in [0.15, 0.2) is 53.3 Å². The summed E-state index contributed by atoms with van der Waals surface area (Å²) >= 11 is 0. The largest absolute Gasteiger partial charge is 0.465 e. The number of rotatable bonds is 13. The molecule has 4 aromatic rings. The van der Waals surface area contributed by atoms with Crippen molar-refractivity contribution in [2.75, 3.05) is 25.0 Å². The van der Waals surface area contributed by atoms with Crippen LogP contribution in [0.3, 0.4) is 0 Å². The van der Waals surface area contributed by atoms with Crippen molar-refractivity contribution in [3.05, 3.63) is 92.5 Å². The maximum atomic E-state index is 15.6. The molecule has 2 atom stereocenters. The van der Waals surface area contributed by atoms with E-state index in [4.69, 9.17) is 10.5 Å². The molecule has 9 N–H and O–H groups in total. The quantitative estimate of drug-likeness (QED) is 0.0726. The Morgan fingerprint density at radius 3 is 2.43 bits per heavy atom. The van der Waals surface area contributed by atoms with Crippen molar-refractivity contribution in [3.8, 4) is 11.4 Å². The number of ether oxygens (including phenoxy) is 1. The van der Waals surface area contributed by atoms with E-state index < -0.39 is 71.8 Å². The van der Waals surface area contributed by atoms with E-state index in [0.717, 1.165) is 6.07 Å². The van der Waals surface area contributed by atoms with Gasteiger partial charge in [-0.3, -0.25) is 24.0 Å². The van der Waals surface area contributed by atoms with E-state index in [9.17, 15) is 43.8 Å². The molecule has 18 nitrogen and oxygen atoms in total. The number of esters is 1. The van der Waals surface area contributed by atoms with Crippen LogP contribution in [0, 0.1) is 5.82 Å². The van der Waals surface area contributed by atoms with Crippen LogP contribution >= 0.6 is 0 Å². The number of halogens is 1. The number of carboxylic acid groups (broad SMARTS) is 1. The van der Waals surface area contributed by atoms with Gasteiger partial charge in [0, 0.05) is 35.5 Å². The average molecular weight is 773 g/mol. The smallest absolute Gasteiger partial charge is 0.404 e. The molecule has 0 radical (unpaired) electrons. The van der Waals surface area contributed by atoms with Gasteiger partial charge in [-0.1, -0.05) is 37.3 Å². The van der Waals surface area contributed by atoms with Crippen molar-refractivity contribution in [3.63, 3.8) is 0 Å². The SMILES string of the molecule is CC[C@@]1(O)C(=O)OCc2c1cc1n(c2=O)Cc2c-1nc1cc(F)c(NC(=O)CNC(=O)C(Cc3ccccc3)NC(=O)CNC(=O)CN)cc1c2CNC(=O)O. The molecule has 1 unspecified atom stereocenters. The molecular formula is C37H37FN8O10. The number of carbonyl (C=O) groups is 6. The molecule has 6 rings (SSSR count). The van der Waals surface area contributed by atoms with Gasteiger partial charge in [0.2, 0.25) is 23.6 Å². The number of anilines is 1. The fraction of sp³-hybridized carbons (Fsp3) is 0.297. The molecule has 19 heteroatoms. The van der Waals surface area contributed by atoms with Crippen molar-refractivity contribution in [2.24, 2.45) is 5.73 Å². The number of nitrogens with two attached hydrogens (primary N) is 1. The third-order valence-electron chi connectivity index (χ3n) is 9.57. The predicted molar refractivity (Wildman–Crippen MR) is 195 cm³/mol. The maximum Gasteiger partial charge on any atom is 0.404 e. The van der Waals surface area contributed by atoms with Crippen LogP contribution in [0.4, 0.5) is 14.9 Å². The van der Waals surface area contributed by atoms with Crippen LogP contribution in [-0.4, -0.2) is 81.1 Å². The third-order valence-corrected chi connectivity index (χ3v) is 9.57. The third kappa shape index (κ3) is 7.75. The summed E-state index contributed by atoms with van der Waals surface area (Å²) in [7, 11) is 0. The number of aromatic nitrogens is 2. The Kier molecular flexibility index (Phi) is 11.1. The summed E-state index contributed by atoms with van der Waals surface area (Å²) in [6.45, 7) is -0.616. The van der Waals surface area contributed by atoms with Crippen molar-refractivity contribution in [2.45, 2.75) is 51.1 Å². The van der Waals surface area contributed by atoms with Crippen LogP contribution in [0.5, 0.6) is 0 Å². The Labute approximate surface area is 316 Å². The molecule has 0 saturated heterocycles. The average Bonchev–Trinajstić information content (AvgIpc) is 3.55. The molecule has 4 heterocycles. The number of carbonyl (C=O) groups excluding carboxylic acids is 5. The summed E-state index contributed by atoms with van der Waals surface area (Å²) in [5.41, 5.74) is 4.30. The zero-order valence-corrected chi connectivity index (χ0v) is 29.9. The van der Waals surface area contributed by atoms with Crippen LogP contribution in [0.1, 0.15) is 41.2 Å². The molecule has 2 aromatic heterocycles. The lowest BCUT2D eigenvalue weighted by Crippen LogP contribution is -2.51. The highest BCUT2D eigenvalue weighted by Crippen LogP contribution is 2.41. The number of benzene rings is 2. The van der Waals surface area contributed by atoms with Gasteiger partial charge in [0.1, 0.15) is 18.5 Å². The fourth-order valence-corrected chi connectivity index (χ4v) is 6.69. The van der Waals surface area contributed by atoms with Gasteiger partial charge in [-0.25, -0.2) is 19.0 Å². The molecule has 0 fully saturated rings. The molecule has 0 bridgehead atoms. The van der Waals surface area contributed by atoms with Crippen LogP contribution in [0.25, 0.3) is 22.3 Å². The second-order valence-electron chi connectivity index (χ2n) is 13.1. The number of nitrogens with zero attached hydrogens (tertiary/aromatic N) is 2. The Balaban J connectivity index is 1.26. The summed E-state index contributed by atoms with van der Waals surface area (Å²) in [6, 6.07) is 11.3. The van der Waals surface area contributed by atoms with Crippen molar-refractivity contribution < 1.29 is 48.1 Å². The molecule has 2 aliphatic heterocycles. The number of hydrogen-bond acceptors (Lipinski definition) is 11. The van der Waals surface area contributed by atoms with E-state index in [2.05, 4.69) is 31.6 Å². The van der Waals surface area contributed by atoms with E-state index in [1.165, 1.54) is 16.7 Å². The summed E-state index contributed by atoms with van der Waals surface area (Å²) in [5.74, 6) is -4.69. The molecule has 0 spiro atoms. The lowest BCUT2D eigenvalue weighted by Gasteiger charge is -2.31. The number of aliphatic hydroxyl groups is 1. The summed E-state index contributed by atoms with van der Waals surface area (Å²) in [6.07, 6.45) is -1.42. The van der Waals surface area contributed by atoms with Gasteiger partial charge in [0.15, 0.2) is 5.60 Å².